The molecule has 5 heteroatoms. The van der Waals surface area contributed by atoms with Gasteiger partial charge >= 0.3 is 0 Å². The van der Waals surface area contributed by atoms with E-state index in [1.807, 2.05) is 11.8 Å². The maximum Gasteiger partial charge on any atom is 0.223 e. The molecule has 100 valence electrons. The third-order valence-corrected chi connectivity index (χ3v) is 3.80. The minimum absolute atomic E-state index is 0.0574. The number of carbonyl (C=O) groups excluding carboxylic acids is 3. The van der Waals surface area contributed by atoms with E-state index in [1.165, 1.54) is 6.92 Å². The Hall–Kier alpha value is -1.39. The summed E-state index contributed by atoms with van der Waals surface area (Å²) in [4.78, 5) is 37.6. The summed E-state index contributed by atoms with van der Waals surface area (Å²) in [6.45, 7) is 6.44. The number of likely N-dealkylation sites (tertiary alicyclic amines) is 2. The van der Waals surface area contributed by atoms with Crippen molar-refractivity contribution in [2.75, 3.05) is 26.2 Å². The molecule has 2 amide bonds. The fraction of sp³-hybridized carbons (Fsp3) is 0.769. The van der Waals surface area contributed by atoms with Gasteiger partial charge < -0.3 is 14.6 Å². The Bertz CT molecular complexity index is 378. The van der Waals surface area contributed by atoms with Crippen LogP contribution >= 0.6 is 0 Å². The molecule has 0 N–H and O–H groups in total. The fourth-order valence-electron chi connectivity index (χ4n) is 2.74. The SMILES string of the molecule is CCC(=O)N1CC2(C1)CN(C(=O)CCC(C)=O)C2. The zero-order valence-corrected chi connectivity index (χ0v) is 11.1. The summed E-state index contributed by atoms with van der Waals surface area (Å²) >= 11 is 0. The quantitative estimate of drug-likeness (QED) is 0.729. The number of amides is 2. The van der Waals surface area contributed by atoms with Gasteiger partial charge in [-0.2, -0.15) is 0 Å². The van der Waals surface area contributed by atoms with Gasteiger partial charge in [-0.1, -0.05) is 6.92 Å². The summed E-state index contributed by atoms with van der Waals surface area (Å²) in [5.74, 6) is 0.319. The van der Waals surface area contributed by atoms with E-state index in [9.17, 15) is 14.4 Å². The second-order valence-electron chi connectivity index (χ2n) is 5.56. The Morgan fingerprint density at radius 1 is 0.944 bits per heavy atom. The molecule has 2 rings (SSSR count). The molecule has 1 spiro atoms. The first-order valence-corrected chi connectivity index (χ1v) is 6.51. The van der Waals surface area contributed by atoms with Gasteiger partial charge in [0.2, 0.25) is 11.8 Å². The van der Waals surface area contributed by atoms with Crippen LogP contribution in [0.3, 0.4) is 0 Å². The van der Waals surface area contributed by atoms with Crippen molar-refractivity contribution in [1.29, 1.82) is 0 Å². The van der Waals surface area contributed by atoms with Crippen LogP contribution in [-0.4, -0.2) is 53.6 Å². The van der Waals surface area contributed by atoms with E-state index in [1.54, 1.807) is 4.90 Å². The van der Waals surface area contributed by atoms with Gasteiger partial charge in [0.25, 0.3) is 0 Å². The van der Waals surface area contributed by atoms with Gasteiger partial charge in [-0.3, -0.25) is 9.59 Å². The number of hydrogen-bond donors (Lipinski definition) is 0. The zero-order chi connectivity index (χ0) is 13.3. The predicted molar refractivity (Wildman–Crippen MR) is 65.8 cm³/mol. The van der Waals surface area contributed by atoms with Crippen molar-refractivity contribution in [1.82, 2.24) is 9.80 Å². The van der Waals surface area contributed by atoms with Gasteiger partial charge in [-0.05, 0) is 6.92 Å². The second kappa shape index (κ2) is 4.71. The van der Waals surface area contributed by atoms with E-state index in [-0.39, 0.29) is 23.0 Å². The standard InChI is InChI=1S/C13H20N2O3/c1-3-11(17)14-6-13(7-14)8-15(9-13)12(18)5-4-10(2)16/h3-9H2,1-2H3. The molecule has 2 saturated heterocycles. The van der Waals surface area contributed by atoms with E-state index in [4.69, 9.17) is 0 Å². The molecule has 0 atom stereocenters. The number of Topliss-reactive ketones (excluding diaryl/α,β-unsaturated/α-hetero) is 1. The van der Waals surface area contributed by atoms with Crippen LogP contribution in [0.15, 0.2) is 0 Å². The molecule has 0 unspecified atom stereocenters. The number of rotatable bonds is 4. The van der Waals surface area contributed by atoms with Gasteiger partial charge in [0.1, 0.15) is 5.78 Å². The lowest BCUT2D eigenvalue weighted by Crippen LogP contribution is -2.73. The zero-order valence-electron chi connectivity index (χ0n) is 11.1. The molecule has 5 nitrogen and oxygen atoms in total. The molecule has 0 aromatic rings. The summed E-state index contributed by atoms with van der Waals surface area (Å²) in [6, 6.07) is 0. The smallest absolute Gasteiger partial charge is 0.223 e. The van der Waals surface area contributed by atoms with Crippen molar-refractivity contribution in [3.63, 3.8) is 0 Å². The highest BCUT2D eigenvalue weighted by molar-refractivity contribution is 5.84. The molecule has 0 aromatic heterocycles. The van der Waals surface area contributed by atoms with Gasteiger partial charge in [-0.15, -0.1) is 0 Å². The van der Waals surface area contributed by atoms with Crippen LogP contribution in [0.5, 0.6) is 0 Å². The summed E-state index contributed by atoms with van der Waals surface area (Å²) < 4.78 is 0. The number of hydrogen-bond acceptors (Lipinski definition) is 3. The highest BCUT2D eigenvalue weighted by atomic mass is 16.2. The molecule has 0 aromatic carbocycles. The highest BCUT2D eigenvalue weighted by Gasteiger charge is 2.53. The number of ketones is 1. The lowest BCUT2D eigenvalue weighted by atomic mass is 9.72. The van der Waals surface area contributed by atoms with E-state index < -0.39 is 0 Å². The molecule has 0 bridgehead atoms. The van der Waals surface area contributed by atoms with E-state index >= 15 is 0 Å². The third-order valence-electron chi connectivity index (χ3n) is 3.80. The second-order valence-corrected chi connectivity index (χ2v) is 5.56. The summed E-state index contributed by atoms with van der Waals surface area (Å²) in [6.07, 6.45) is 1.21. The van der Waals surface area contributed by atoms with Gasteiger partial charge in [0.15, 0.2) is 0 Å². The predicted octanol–water partition coefficient (Wildman–Crippen LogP) is 0.436. The molecule has 0 saturated carbocycles. The van der Waals surface area contributed by atoms with Crippen LogP contribution in [-0.2, 0) is 14.4 Å². The van der Waals surface area contributed by atoms with Crippen LogP contribution < -0.4 is 0 Å². The largest absolute Gasteiger partial charge is 0.341 e. The van der Waals surface area contributed by atoms with Crippen molar-refractivity contribution in [2.24, 2.45) is 5.41 Å². The summed E-state index contributed by atoms with van der Waals surface area (Å²) in [5, 5.41) is 0. The van der Waals surface area contributed by atoms with Crippen molar-refractivity contribution >= 4 is 17.6 Å². The minimum Gasteiger partial charge on any atom is -0.341 e. The van der Waals surface area contributed by atoms with Gasteiger partial charge in [0, 0.05) is 50.9 Å². The van der Waals surface area contributed by atoms with Gasteiger partial charge in [-0.25, -0.2) is 0 Å². The third kappa shape index (κ3) is 2.40. The van der Waals surface area contributed by atoms with Crippen molar-refractivity contribution < 1.29 is 14.4 Å². The average Bonchev–Trinajstić information content (AvgIpc) is 2.21. The van der Waals surface area contributed by atoms with Crippen LogP contribution in [0.1, 0.15) is 33.1 Å². The molecule has 2 heterocycles. The molecular weight excluding hydrogens is 232 g/mol. The topological polar surface area (TPSA) is 57.7 Å². The Kier molecular flexibility index (Phi) is 3.41. The van der Waals surface area contributed by atoms with E-state index in [2.05, 4.69) is 0 Å². The molecule has 0 aliphatic carbocycles. The van der Waals surface area contributed by atoms with E-state index in [0.717, 1.165) is 26.2 Å². The molecule has 18 heavy (non-hydrogen) atoms. The Morgan fingerprint density at radius 3 is 1.89 bits per heavy atom. The van der Waals surface area contributed by atoms with Crippen molar-refractivity contribution in [3.05, 3.63) is 0 Å². The molecule has 0 radical (unpaired) electrons. The molecule has 2 aliphatic heterocycles. The molecule has 2 aliphatic rings. The Balaban J connectivity index is 1.70. The average molecular weight is 252 g/mol. The maximum atomic E-state index is 11.7. The van der Waals surface area contributed by atoms with Crippen LogP contribution in [0.4, 0.5) is 0 Å². The lowest BCUT2D eigenvalue weighted by Gasteiger charge is -2.60. The van der Waals surface area contributed by atoms with Gasteiger partial charge in [0.05, 0.1) is 0 Å². The molecule has 2 fully saturated rings. The Labute approximate surface area is 107 Å². The summed E-state index contributed by atoms with van der Waals surface area (Å²) in [5.41, 5.74) is 0.163. The number of nitrogens with zero attached hydrogens (tertiary/aromatic N) is 2. The van der Waals surface area contributed by atoms with Crippen molar-refractivity contribution in [2.45, 2.75) is 33.1 Å². The first-order chi connectivity index (χ1) is 8.46. The van der Waals surface area contributed by atoms with Crippen molar-refractivity contribution in [3.8, 4) is 0 Å². The first-order valence-electron chi connectivity index (χ1n) is 6.51. The maximum absolute atomic E-state index is 11.7. The normalized spacial score (nSPS) is 20.3. The minimum atomic E-state index is 0.0574. The summed E-state index contributed by atoms with van der Waals surface area (Å²) in [7, 11) is 0. The Morgan fingerprint density at radius 2 is 1.44 bits per heavy atom. The monoisotopic (exact) mass is 252 g/mol. The fourth-order valence-corrected chi connectivity index (χ4v) is 2.74. The van der Waals surface area contributed by atoms with E-state index in [0.29, 0.717) is 19.3 Å². The lowest BCUT2D eigenvalue weighted by molar-refractivity contribution is -0.168. The molecular formula is C13H20N2O3. The van der Waals surface area contributed by atoms with Crippen LogP contribution in [0.2, 0.25) is 0 Å². The highest BCUT2D eigenvalue weighted by Crippen LogP contribution is 2.40. The van der Waals surface area contributed by atoms with Crippen LogP contribution in [0, 0.1) is 5.41 Å². The van der Waals surface area contributed by atoms with Crippen LogP contribution in [0.25, 0.3) is 0 Å². The first kappa shape index (κ1) is 13.1. The number of carbonyl (C=O) groups is 3.